The van der Waals surface area contributed by atoms with Crippen LogP contribution in [0, 0.1) is 12.3 Å². The van der Waals surface area contributed by atoms with Crippen LogP contribution in [-0.4, -0.2) is 18.1 Å². The van der Waals surface area contributed by atoms with Crippen LogP contribution in [-0.2, 0) is 4.79 Å². The van der Waals surface area contributed by atoms with Crippen LogP contribution < -0.4 is 15.8 Å². The number of ether oxygens (including phenoxy) is 1. The summed E-state index contributed by atoms with van der Waals surface area (Å²) in [6, 6.07) is 5.76. The fraction of sp³-hybridized carbons (Fsp3) is 0.588. The number of carbonyl (C=O) groups is 1. The second kappa shape index (κ2) is 6.48. The Hall–Kier alpha value is -1.55. The SMILES string of the molecule is CCCOc1cc(C)ccc1NC(=O)C(C)(C)C(C)(C)N. The van der Waals surface area contributed by atoms with Gasteiger partial charge in [-0.3, -0.25) is 4.79 Å². The van der Waals surface area contributed by atoms with Gasteiger partial charge in [-0.05, 0) is 58.7 Å². The minimum Gasteiger partial charge on any atom is -0.491 e. The number of nitrogens with two attached hydrogens (primary N) is 1. The molecule has 0 spiro atoms. The van der Waals surface area contributed by atoms with E-state index in [1.165, 1.54) is 0 Å². The number of benzene rings is 1. The maximum Gasteiger partial charge on any atom is 0.231 e. The lowest BCUT2D eigenvalue weighted by Gasteiger charge is -2.37. The minimum absolute atomic E-state index is 0.111. The van der Waals surface area contributed by atoms with Crippen LogP contribution in [0.15, 0.2) is 18.2 Å². The predicted molar refractivity (Wildman–Crippen MR) is 87.6 cm³/mol. The lowest BCUT2D eigenvalue weighted by atomic mass is 9.74. The van der Waals surface area contributed by atoms with Crippen LogP contribution in [0.1, 0.15) is 46.6 Å². The Kier molecular flexibility index (Phi) is 5.40. The van der Waals surface area contributed by atoms with Gasteiger partial charge in [-0.2, -0.15) is 0 Å². The molecule has 118 valence electrons. The van der Waals surface area contributed by atoms with Gasteiger partial charge in [0.25, 0.3) is 0 Å². The third-order valence-corrected chi connectivity index (χ3v) is 4.03. The minimum atomic E-state index is -0.695. The lowest BCUT2D eigenvalue weighted by molar-refractivity contribution is -0.126. The summed E-state index contributed by atoms with van der Waals surface area (Å²) in [6.45, 7) is 12.1. The number of hydrogen-bond donors (Lipinski definition) is 2. The molecule has 0 saturated heterocycles. The molecule has 21 heavy (non-hydrogen) atoms. The molecule has 0 heterocycles. The Balaban J connectivity index is 3.00. The number of rotatable bonds is 6. The molecule has 1 rings (SSSR count). The zero-order valence-electron chi connectivity index (χ0n) is 14.0. The molecule has 4 heteroatoms. The molecule has 1 amide bonds. The molecule has 0 aliphatic rings. The first kappa shape index (κ1) is 17.5. The molecule has 4 nitrogen and oxygen atoms in total. The van der Waals surface area contributed by atoms with E-state index in [4.69, 9.17) is 10.5 Å². The standard InChI is InChI=1S/C17H28N2O2/c1-7-10-21-14-11-12(2)8-9-13(14)19-15(20)16(3,4)17(5,6)18/h8-9,11H,7,10,18H2,1-6H3,(H,19,20). The first-order chi connectivity index (χ1) is 9.59. The van der Waals surface area contributed by atoms with Crippen LogP contribution in [0.25, 0.3) is 0 Å². The first-order valence-electron chi connectivity index (χ1n) is 7.43. The molecule has 0 bridgehead atoms. The molecule has 0 atom stereocenters. The maximum absolute atomic E-state index is 12.5. The third-order valence-electron chi connectivity index (χ3n) is 4.03. The van der Waals surface area contributed by atoms with E-state index in [1.807, 2.05) is 59.7 Å². The monoisotopic (exact) mass is 292 g/mol. The lowest BCUT2D eigenvalue weighted by Crippen LogP contribution is -2.53. The highest BCUT2D eigenvalue weighted by atomic mass is 16.5. The fourth-order valence-corrected chi connectivity index (χ4v) is 1.64. The van der Waals surface area contributed by atoms with Gasteiger partial charge in [0.2, 0.25) is 5.91 Å². The van der Waals surface area contributed by atoms with Crippen molar-refractivity contribution < 1.29 is 9.53 Å². The molecule has 0 radical (unpaired) electrons. The Morgan fingerprint density at radius 3 is 2.43 bits per heavy atom. The molecule has 1 aromatic rings. The summed E-state index contributed by atoms with van der Waals surface area (Å²) >= 11 is 0. The van der Waals surface area contributed by atoms with Crippen LogP contribution >= 0.6 is 0 Å². The number of anilines is 1. The molecule has 1 aromatic carbocycles. The Labute approximate surface area is 128 Å². The smallest absolute Gasteiger partial charge is 0.231 e. The largest absolute Gasteiger partial charge is 0.491 e. The average Bonchev–Trinajstić information content (AvgIpc) is 2.37. The molecular formula is C17H28N2O2. The van der Waals surface area contributed by atoms with E-state index >= 15 is 0 Å². The van der Waals surface area contributed by atoms with E-state index < -0.39 is 11.0 Å². The van der Waals surface area contributed by atoms with Crippen LogP contribution in [0.5, 0.6) is 5.75 Å². The molecular weight excluding hydrogens is 264 g/mol. The Morgan fingerprint density at radius 1 is 1.29 bits per heavy atom. The van der Waals surface area contributed by atoms with Gasteiger partial charge in [0.1, 0.15) is 5.75 Å². The normalized spacial score (nSPS) is 12.1. The summed E-state index contributed by atoms with van der Waals surface area (Å²) in [5.74, 6) is 0.594. The van der Waals surface area contributed by atoms with Gasteiger partial charge in [0.05, 0.1) is 17.7 Å². The fourth-order valence-electron chi connectivity index (χ4n) is 1.64. The molecule has 3 N–H and O–H groups in total. The number of amides is 1. The first-order valence-corrected chi connectivity index (χ1v) is 7.43. The maximum atomic E-state index is 12.5. The zero-order valence-corrected chi connectivity index (χ0v) is 14.0. The van der Waals surface area contributed by atoms with Crippen LogP contribution in [0.4, 0.5) is 5.69 Å². The number of hydrogen-bond acceptors (Lipinski definition) is 3. The van der Waals surface area contributed by atoms with Crippen molar-refractivity contribution in [1.29, 1.82) is 0 Å². The van der Waals surface area contributed by atoms with Crippen molar-refractivity contribution in [2.24, 2.45) is 11.1 Å². The highest BCUT2D eigenvalue weighted by molar-refractivity contribution is 5.97. The second-order valence-corrected chi connectivity index (χ2v) is 6.65. The van der Waals surface area contributed by atoms with Gasteiger partial charge < -0.3 is 15.8 Å². The summed E-state index contributed by atoms with van der Waals surface area (Å²) < 4.78 is 5.72. The van der Waals surface area contributed by atoms with E-state index in [1.54, 1.807) is 0 Å². The van der Waals surface area contributed by atoms with Crippen molar-refractivity contribution in [3.63, 3.8) is 0 Å². The van der Waals surface area contributed by atoms with Gasteiger partial charge in [0, 0.05) is 5.54 Å². The molecule has 0 fully saturated rings. The summed E-state index contributed by atoms with van der Waals surface area (Å²) in [6.07, 6.45) is 0.919. The number of aryl methyl sites for hydroxylation is 1. The molecule has 0 aliphatic carbocycles. The summed E-state index contributed by atoms with van der Waals surface area (Å²) in [4.78, 5) is 12.5. The van der Waals surface area contributed by atoms with Crippen molar-refractivity contribution in [2.75, 3.05) is 11.9 Å². The van der Waals surface area contributed by atoms with Gasteiger partial charge in [-0.1, -0.05) is 13.0 Å². The highest BCUT2D eigenvalue weighted by Crippen LogP contribution is 2.32. The molecule has 0 unspecified atom stereocenters. The highest BCUT2D eigenvalue weighted by Gasteiger charge is 2.40. The van der Waals surface area contributed by atoms with Gasteiger partial charge in [-0.25, -0.2) is 0 Å². The summed E-state index contributed by atoms with van der Waals surface area (Å²) in [5.41, 5.74) is 6.59. The quantitative estimate of drug-likeness (QED) is 0.843. The summed E-state index contributed by atoms with van der Waals surface area (Å²) in [7, 11) is 0. The molecule has 0 aromatic heterocycles. The number of carbonyl (C=O) groups excluding carboxylic acids is 1. The van der Waals surface area contributed by atoms with E-state index in [0.717, 1.165) is 12.0 Å². The Bertz CT molecular complexity index is 502. The molecule has 0 saturated carbocycles. The van der Waals surface area contributed by atoms with Crippen molar-refractivity contribution in [2.45, 2.75) is 53.5 Å². The van der Waals surface area contributed by atoms with Crippen molar-refractivity contribution in [3.8, 4) is 5.75 Å². The van der Waals surface area contributed by atoms with E-state index in [2.05, 4.69) is 5.32 Å². The van der Waals surface area contributed by atoms with Crippen LogP contribution in [0.3, 0.4) is 0 Å². The topological polar surface area (TPSA) is 64.3 Å². The third kappa shape index (κ3) is 4.21. The van der Waals surface area contributed by atoms with Crippen molar-refractivity contribution in [3.05, 3.63) is 23.8 Å². The Morgan fingerprint density at radius 2 is 1.90 bits per heavy atom. The van der Waals surface area contributed by atoms with E-state index in [0.29, 0.717) is 18.0 Å². The van der Waals surface area contributed by atoms with Gasteiger partial charge in [-0.15, -0.1) is 0 Å². The predicted octanol–water partition coefficient (Wildman–Crippen LogP) is 3.49. The van der Waals surface area contributed by atoms with E-state index in [9.17, 15) is 4.79 Å². The zero-order chi connectivity index (χ0) is 16.3. The second-order valence-electron chi connectivity index (χ2n) is 6.65. The van der Waals surface area contributed by atoms with Crippen molar-refractivity contribution >= 4 is 11.6 Å². The van der Waals surface area contributed by atoms with Crippen molar-refractivity contribution in [1.82, 2.24) is 0 Å². The number of nitrogens with one attached hydrogen (secondary N) is 1. The van der Waals surface area contributed by atoms with E-state index in [-0.39, 0.29) is 5.91 Å². The van der Waals surface area contributed by atoms with Gasteiger partial charge >= 0.3 is 0 Å². The summed E-state index contributed by atoms with van der Waals surface area (Å²) in [5, 5.41) is 2.95. The molecule has 0 aliphatic heterocycles. The van der Waals surface area contributed by atoms with Crippen LogP contribution in [0.2, 0.25) is 0 Å². The van der Waals surface area contributed by atoms with Gasteiger partial charge in [0.15, 0.2) is 0 Å². The average molecular weight is 292 g/mol.